The fourth-order valence-electron chi connectivity index (χ4n) is 1.40. The van der Waals surface area contributed by atoms with E-state index in [9.17, 15) is 0 Å². The third kappa shape index (κ3) is 3.71. The molecule has 0 amide bonds. The van der Waals surface area contributed by atoms with Gasteiger partial charge in [-0.3, -0.25) is 0 Å². The van der Waals surface area contributed by atoms with Crippen molar-refractivity contribution in [1.82, 2.24) is 0 Å². The molecular formula is C11H12BrCl2N. The Balaban J connectivity index is 2.86. The smallest absolute Gasteiger partial charge is 0.0516 e. The lowest BCUT2D eigenvalue weighted by Gasteiger charge is -2.12. The Labute approximate surface area is 109 Å². The van der Waals surface area contributed by atoms with Crippen LogP contribution in [-0.4, -0.2) is 6.54 Å². The molecule has 1 aromatic rings. The zero-order valence-corrected chi connectivity index (χ0v) is 11.7. The Bertz CT molecular complexity index is 365. The van der Waals surface area contributed by atoms with Crippen molar-refractivity contribution in [2.45, 2.75) is 13.8 Å². The van der Waals surface area contributed by atoms with Crippen LogP contribution in [0, 0.1) is 13.8 Å². The summed E-state index contributed by atoms with van der Waals surface area (Å²) in [5, 5.41) is 3.85. The molecule has 0 heterocycles. The molecule has 0 aromatic heterocycles. The molecule has 0 bridgehead atoms. The quantitative estimate of drug-likeness (QED) is 0.846. The van der Waals surface area contributed by atoms with Crippen LogP contribution in [0.25, 0.3) is 0 Å². The standard InChI is InChI=1S/C11H12BrCl2N/c1-7-3-9(12)4-8(2)11(7)15-6-10(14)5-13/h3-5,15H,6H2,1-2H3. The van der Waals surface area contributed by atoms with Gasteiger partial charge in [-0.15, -0.1) is 0 Å². The molecule has 4 heteroatoms. The normalized spacial score (nSPS) is 11.7. The average Bonchev–Trinajstić information content (AvgIpc) is 2.15. The number of hydrogen-bond donors (Lipinski definition) is 1. The highest BCUT2D eigenvalue weighted by Crippen LogP contribution is 2.25. The van der Waals surface area contributed by atoms with E-state index < -0.39 is 0 Å². The molecule has 0 atom stereocenters. The second kappa shape index (κ2) is 5.78. The van der Waals surface area contributed by atoms with E-state index in [1.54, 1.807) is 0 Å². The molecule has 0 fully saturated rings. The molecule has 1 rings (SSSR count). The van der Waals surface area contributed by atoms with Crippen molar-refractivity contribution in [3.05, 3.63) is 38.3 Å². The summed E-state index contributed by atoms with van der Waals surface area (Å²) in [5.74, 6) is 0. The first-order chi connectivity index (χ1) is 7.04. The molecule has 82 valence electrons. The van der Waals surface area contributed by atoms with E-state index in [-0.39, 0.29) is 0 Å². The largest absolute Gasteiger partial charge is 0.380 e. The molecule has 0 aliphatic heterocycles. The van der Waals surface area contributed by atoms with Crippen molar-refractivity contribution < 1.29 is 0 Å². The minimum Gasteiger partial charge on any atom is -0.380 e. The van der Waals surface area contributed by atoms with Crippen LogP contribution >= 0.6 is 39.1 Å². The molecular weight excluding hydrogens is 297 g/mol. The first-order valence-electron chi connectivity index (χ1n) is 4.50. The number of halogens is 3. The average molecular weight is 309 g/mol. The molecule has 0 unspecified atom stereocenters. The molecule has 0 spiro atoms. The highest BCUT2D eigenvalue weighted by molar-refractivity contribution is 9.10. The summed E-state index contributed by atoms with van der Waals surface area (Å²) < 4.78 is 1.09. The first-order valence-corrected chi connectivity index (χ1v) is 6.10. The zero-order chi connectivity index (χ0) is 11.4. The van der Waals surface area contributed by atoms with Gasteiger partial charge in [0.2, 0.25) is 0 Å². The molecule has 0 aliphatic carbocycles. The fraction of sp³-hybridized carbons (Fsp3) is 0.273. The van der Waals surface area contributed by atoms with E-state index in [4.69, 9.17) is 23.2 Å². The van der Waals surface area contributed by atoms with Crippen molar-refractivity contribution in [3.8, 4) is 0 Å². The predicted molar refractivity (Wildman–Crippen MR) is 71.9 cm³/mol. The van der Waals surface area contributed by atoms with E-state index >= 15 is 0 Å². The monoisotopic (exact) mass is 307 g/mol. The first kappa shape index (κ1) is 12.9. The Morgan fingerprint density at radius 1 is 1.40 bits per heavy atom. The maximum absolute atomic E-state index is 5.81. The van der Waals surface area contributed by atoms with Crippen molar-refractivity contribution in [1.29, 1.82) is 0 Å². The van der Waals surface area contributed by atoms with E-state index in [2.05, 4.69) is 47.2 Å². The van der Waals surface area contributed by atoms with Crippen LogP contribution in [0.2, 0.25) is 0 Å². The van der Waals surface area contributed by atoms with Gasteiger partial charge in [-0.1, -0.05) is 39.1 Å². The van der Waals surface area contributed by atoms with Crippen LogP contribution in [0.15, 0.2) is 27.2 Å². The number of anilines is 1. The van der Waals surface area contributed by atoms with E-state index in [1.165, 1.54) is 16.7 Å². The van der Waals surface area contributed by atoms with Gasteiger partial charge in [0, 0.05) is 20.7 Å². The number of benzene rings is 1. The molecule has 0 radical (unpaired) electrons. The number of rotatable bonds is 3. The van der Waals surface area contributed by atoms with Crippen LogP contribution in [0.5, 0.6) is 0 Å². The summed E-state index contributed by atoms with van der Waals surface area (Å²) in [6.07, 6.45) is 0. The lowest BCUT2D eigenvalue weighted by atomic mass is 10.1. The summed E-state index contributed by atoms with van der Waals surface area (Å²) in [5.41, 5.74) is 4.84. The number of nitrogens with one attached hydrogen (secondary N) is 1. The minimum atomic E-state index is 0.550. The third-order valence-electron chi connectivity index (χ3n) is 2.05. The van der Waals surface area contributed by atoms with Crippen molar-refractivity contribution >= 4 is 44.8 Å². The molecule has 0 aliphatic rings. The van der Waals surface area contributed by atoms with E-state index in [0.717, 1.165) is 10.2 Å². The Morgan fingerprint density at radius 3 is 2.40 bits per heavy atom. The number of aryl methyl sites for hydroxylation is 2. The number of hydrogen-bond acceptors (Lipinski definition) is 1. The Kier molecular flexibility index (Phi) is 4.97. The van der Waals surface area contributed by atoms with Gasteiger partial charge in [0.25, 0.3) is 0 Å². The van der Waals surface area contributed by atoms with Gasteiger partial charge in [-0.05, 0) is 37.1 Å². The summed E-state index contributed by atoms with van der Waals surface area (Å²) in [6, 6.07) is 4.13. The van der Waals surface area contributed by atoms with E-state index in [1.807, 2.05) is 0 Å². The summed E-state index contributed by atoms with van der Waals surface area (Å²) in [4.78, 5) is 0. The maximum atomic E-state index is 5.81. The van der Waals surface area contributed by atoms with Gasteiger partial charge in [0.1, 0.15) is 0 Å². The van der Waals surface area contributed by atoms with Gasteiger partial charge in [0.15, 0.2) is 0 Å². The molecule has 0 saturated heterocycles. The lowest BCUT2D eigenvalue weighted by Crippen LogP contribution is -2.04. The van der Waals surface area contributed by atoms with Crippen LogP contribution in [0.1, 0.15) is 11.1 Å². The van der Waals surface area contributed by atoms with Crippen LogP contribution in [-0.2, 0) is 0 Å². The maximum Gasteiger partial charge on any atom is 0.0516 e. The minimum absolute atomic E-state index is 0.550. The van der Waals surface area contributed by atoms with Gasteiger partial charge in [0.05, 0.1) is 6.54 Å². The topological polar surface area (TPSA) is 12.0 Å². The van der Waals surface area contributed by atoms with Crippen LogP contribution < -0.4 is 5.32 Å². The van der Waals surface area contributed by atoms with Crippen LogP contribution in [0.3, 0.4) is 0 Å². The van der Waals surface area contributed by atoms with Gasteiger partial charge in [-0.25, -0.2) is 0 Å². The molecule has 1 nitrogen and oxygen atoms in total. The highest BCUT2D eigenvalue weighted by atomic mass is 79.9. The van der Waals surface area contributed by atoms with Crippen LogP contribution in [0.4, 0.5) is 5.69 Å². The molecule has 1 aromatic carbocycles. The Morgan fingerprint density at radius 2 is 1.93 bits per heavy atom. The highest BCUT2D eigenvalue weighted by Gasteiger charge is 2.03. The summed E-state index contributed by atoms with van der Waals surface area (Å²) in [7, 11) is 0. The van der Waals surface area contributed by atoms with Gasteiger partial charge < -0.3 is 5.32 Å². The van der Waals surface area contributed by atoms with Gasteiger partial charge >= 0.3 is 0 Å². The van der Waals surface area contributed by atoms with Crippen molar-refractivity contribution in [2.24, 2.45) is 0 Å². The predicted octanol–water partition coefficient (Wildman–Crippen LogP) is 4.80. The van der Waals surface area contributed by atoms with Gasteiger partial charge in [-0.2, -0.15) is 0 Å². The molecule has 0 saturated carbocycles. The van der Waals surface area contributed by atoms with Crippen molar-refractivity contribution in [2.75, 3.05) is 11.9 Å². The SMILES string of the molecule is Cc1cc(Br)cc(C)c1NCC(Cl)=CCl. The summed E-state index contributed by atoms with van der Waals surface area (Å²) >= 11 is 14.7. The lowest BCUT2D eigenvalue weighted by molar-refractivity contribution is 1.25. The zero-order valence-electron chi connectivity index (χ0n) is 8.57. The second-order valence-corrected chi connectivity index (χ2v) is 4.94. The fourth-order valence-corrected chi connectivity index (χ4v) is 2.23. The Hall–Kier alpha value is -0.180. The van der Waals surface area contributed by atoms with E-state index in [0.29, 0.717) is 11.6 Å². The summed E-state index contributed by atoms with van der Waals surface area (Å²) in [6.45, 7) is 4.66. The van der Waals surface area contributed by atoms with Crippen molar-refractivity contribution in [3.63, 3.8) is 0 Å². The second-order valence-electron chi connectivity index (χ2n) is 3.32. The molecule has 1 N–H and O–H groups in total. The third-order valence-corrected chi connectivity index (χ3v) is 3.13. The molecule has 15 heavy (non-hydrogen) atoms.